The Morgan fingerprint density at radius 2 is 1.15 bits per heavy atom. The van der Waals surface area contributed by atoms with Crippen molar-refractivity contribution in [3.63, 3.8) is 0 Å². The van der Waals surface area contributed by atoms with E-state index in [9.17, 15) is 9.59 Å². The van der Waals surface area contributed by atoms with Crippen molar-refractivity contribution in [2.45, 2.75) is 5.41 Å². The van der Waals surface area contributed by atoms with Crippen LogP contribution in [0.25, 0.3) is 11.1 Å². The molecule has 0 aliphatic heterocycles. The fourth-order valence-corrected chi connectivity index (χ4v) is 5.37. The van der Waals surface area contributed by atoms with E-state index in [1.807, 2.05) is 91.0 Å². The van der Waals surface area contributed by atoms with Gasteiger partial charge in [0.2, 0.25) is 0 Å². The summed E-state index contributed by atoms with van der Waals surface area (Å²) in [6.45, 7) is 0. The molecule has 0 saturated heterocycles. The number of hydrogen-bond donors (Lipinski definition) is 0. The van der Waals surface area contributed by atoms with Crippen molar-refractivity contribution in [2.75, 3.05) is 7.11 Å². The van der Waals surface area contributed by atoms with Crippen LogP contribution in [-0.2, 0) is 5.41 Å². The standard InChI is InChI=1S/C30H20O3/c1-33-21-16-17-25-24(18-21)26(19-10-4-2-5-11-19)27(20-12-6-3-7-13-20)30(25)28(31)22-14-8-9-15-23(22)29(30)32/h2-18H,1H3. The minimum atomic E-state index is -1.42. The maximum Gasteiger partial charge on any atom is 0.186 e. The largest absolute Gasteiger partial charge is 0.497 e. The van der Waals surface area contributed by atoms with Gasteiger partial charge >= 0.3 is 0 Å². The molecule has 3 heteroatoms. The number of ketones is 2. The minimum Gasteiger partial charge on any atom is -0.497 e. The summed E-state index contributed by atoms with van der Waals surface area (Å²) >= 11 is 0. The first kappa shape index (κ1) is 19.4. The quantitative estimate of drug-likeness (QED) is 0.377. The van der Waals surface area contributed by atoms with Gasteiger partial charge in [-0.05, 0) is 45.5 Å². The molecule has 2 aliphatic rings. The molecule has 2 aliphatic carbocycles. The Kier molecular flexibility index (Phi) is 4.21. The van der Waals surface area contributed by atoms with Crippen LogP contribution in [0, 0.1) is 0 Å². The molecule has 0 radical (unpaired) electrons. The highest BCUT2D eigenvalue weighted by molar-refractivity contribution is 6.43. The molecule has 1 spiro atoms. The van der Waals surface area contributed by atoms with E-state index in [1.165, 1.54) is 0 Å². The second kappa shape index (κ2) is 7.14. The molecule has 4 aromatic rings. The Labute approximate surface area is 192 Å². The molecule has 4 aromatic carbocycles. The van der Waals surface area contributed by atoms with Gasteiger partial charge in [-0.3, -0.25) is 9.59 Å². The third-order valence-corrected chi connectivity index (χ3v) is 6.75. The third-order valence-electron chi connectivity index (χ3n) is 6.75. The van der Waals surface area contributed by atoms with E-state index in [1.54, 1.807) is 19.2 Å². The Morgan fingerprint density at radius 3 is 1.73 bits per heavy atom. The van der Waals surface area contributed by atoms with Crippen molar-refractivity contribution in [3.8, 4) is 5.75 Å². The van der Waals surface area contributed by atoms with Gasteiger partial charge in [0.05, 0.1) is 7.11 Å². The SMILES string of the molecule is COc1ccc2c(c1)C(c1ccccc1)=C(c1ccccc1)C21C(=O)c2ccccc2C1=O. The summed E-state index contributed by atoms with van der Waals surface area (Å²) in [7, 11) is 1.62. The van der Waals surface area contributed by atoms with Gasteiger partial charge in [0.15, 0.2) is 11.6 Å². The molecule has 0 atom stereocenters. The Bertz CT molecular complexity index is 1430. The fraction of sp³-hybridized carbons (Fsp3) is 0.0667. The van der Waals surface area contributed by atoms with Crippen LogP contribution in [0.15, 0.2) is 103 Å². The summed E-state index contributed by atoms with van der Waals surface area (Å²) in [5, 5.41) is 0. The van der Waals surface area contributed by atoms with Gasteiger partial charge in [-0.1, -0.05) is 91.0 Å². The lowest BCUT2D eigenvalue weighted by molar-refractivity contribution is 0.0845. The molecular weight excluding hydrogens is 408 g/mol. The molecule has 3 nitrogen and oxygen atoms in total. The monoisotopic (exact) mass is 428 g/mol. The zero-order valence-electron chi connectivity index (χ0n) is 18.0. The number of benzene rings is 4. The van der Waals surface area contributed by atoms with Gasteiger partial charge in [-0.2, -0.15) is 0 Å². The summed E-state index contributed by atoms with van der Waals surface area (Å²) in [6.07, 6.45) is 0. The molecule has 0 fully saturated rings. The van der Waals surface area contributed by atoms with E-state index in [4.69, 9.17) is 4.74 Å². The first-order valence-corrected chi connectivity index (χ1v) is 10.9. The van der Waals surface area contributed by atoms with Gasteiger partial charge in [0.1, 0.15) is 11.2 Å². The lowest BCUT2D eigenvalue weighted by Crippen LogP contribution is -2.38. The van der Waals surface area contributed by atoms with Gasteiger partial charge < -0.3 is 4.74 Å². The highest BCUT2D eigenvalue weighted by Gasteiger charge is 2.61. The Morgan fingerprint density at radius 1 is 0.606 bits per heavy atom. The molecule has 0 heterocycles. The molecule has 0 bridgehead atoms. The van der Waals surface area contributed by atoms with Crippen LogP contribution in [0.3, 0.4) is 0 Å². The van der Waals surface area contributed by atoms with Crippen molar-refractivity contribution in [2.24, 2.45) is 0 Å². The van der Waals surface area contributed by atoms with Crippen LogP contribution in [0.1, 0.15) is 43.0 Å². The van der Waals surface area contributed by atoms with E-state index in [0.717, 1.165) is 27.8 Å². The molecule has 0 amide bonds. The molecule has 6 rings (SSSR count). The highest BCUT2D eigenvalue weighted by Crippen LogP contribution is 2.58. The molecular formula is C30H20O3. The van der Waals surface area contributed by atoms with Crippen LogP contribution < -0.4 is 4.74 Å². The van der Waals surface area contributed by atoms with Crippen molar-refractivity contribution in [3.05, 3.63) is 137 Å². The van der Waals surface area contributed by atoms with Crippen molar-refractivity contribution in [1.29, 1.82) is 0 Å². The minimum absolute atomic E-state index is 0.167. The summed E-state index contributed by atoms with van der Waals surface area (Å²) in [5.74, 6) is 0.348. The number of rotatable bonds is 3. The summed E-state index contributed by atoms with van der Waals surface area (Å²) in [6, 6.07) is 32.6. The zero-order chi connectivity index (χ0) is 22.6. The molecule has 0 unspecified atom stereocenters. The number of hydrogen-bond acceptors (Lipinski definition) is 3. The van der Waals surface area contributed by atoms with E-state index in [2.05, 4.69) is 0 Å². The first-order valence-electron chi connectivity index (χ1n) is 10.9. The highest BCUT2D eigenvalue weighted by atomic mass is 16.5. The van der Waals surface area contributed by atoms with Crippen LogP contribution in [0.4, 0.5) is 0 Å². The van der Waals surface area contributed by atoms with Crippen LogP contribution in [0.5, 0.6) is 5.75 Å². The van der Waals surface area contributed by atoms with Gasteiger partial charge in [0, 0.05) is 11.1 Å². The average Bonchev–Trinajstić information content (AvgIpc) is 3.31. The van der Waals surface area contributed by atoms with E-state index >= 15 is 0 Å². The lowest BCUT2D eigenvalue weighted by atomic mass is 9.70. The second-order valence-electron chi connectivity index (χ2n) is 8.35. The summed E-state index contributed by atoms with van der Waals surface area (Å²) < 4.78 is 5.54. The van der Waals surface area contributed by atoms with Crippen LogP contribution in [-0.4, -0.2) is 18.7 Å². The topological polar surface area (TPSA) is 43.4 Å². The van der Waals surface area contributed by atoms with Gasteiger partial charge in [-0.25, -0.2) is 0 Å². The Hall–Kier alpha value is -4.24. The number of fused-ring (bicyclic) bond motifs is 3. The lowest BCUT2D eigenvalue weighted by Gasteiger charge is -2.26. The van der Waals surface area contributed by atoms with E-state index < -0.39 is 5.41 Å². The number of methoxy groups -OCH3 is 1. The van der Waals surface area contributed by atoms with Crippen LogP contribution in [0.2, 0.25) is 0 Å². The predicted molar refractivity (Wildman–Crippen MR) is 129 cm³/mol. The molecule has 0 N–H and O–H groups in total. The molecule has 0 saturated carbocycles. The fourth-order valence-electron chi connectivity index (χ4n) is 5.37. The predicted octanol–water partition coefficient (Wildman–Crippen LogP) is 5.98. The molecule has 0 aromatic heterocycles. The van der Waals surface area contributed by atoms with Gasteiger partial charge in [0.25, 0.3) is 0 Å². The third kappa shape index (κ3) is 2.50. The van der Waals surface area contributed by atoms with Gasteiger partial charge in [-0.15, -0.1) is 0 Å². The number of Topliss-reactive ketones (excluding diaryl/α,β-unsaturated/α-hetero) is 2. The number of ether oxygens (including phenoxy) is 1. The zero-order valence-corrected chi connectivity index (χ0v) is 18.0. The summed E-state index contributed by atoms with van der Waals surface area (Å²) in [4.78, 5) is 28.4. The average molecular weight is 428 g/mol. The smallest absolute Gasteiger partial charge is 0.186 e. The Balaban J connectivity index is 1.80. The summed E-state index contributed by atoms with van der Waals surface area (Å²) in [5.41, 5.74) is 4.56. The maximum atomic E-state index is 14.2. The van der Waals surface area contributed by atoms with Crippen molar-refractivity contribution < 1.29 is 14.3 Å². The normalized spacial score (nSPS) is 15.7. The molecule has 33 heavy (non-hydrogen) atoms. The van der Waals surface area contributed by atoms with E-state index in [0.29, 0.717) is 22.4 Å². The molecule has 158 valence electrons. The number of allylic oxidation sites excluding steroid dienone is 1. The van der Waals surface area contributed by atoms with Crippen molar-refractivity contribution in [1.82, 2.24) is 0 Å². The number of carbonyl (C=O) groups excluding carboxylic acids is 2. The second-order valence-corrected chi connectivity index (χ2v) is 8.35. The first-order chi connectivity index (χ1) is 16.2. The van der Waals surface area contributed by atoms with Crippen molar-refractivity contribution >= 4 is 22.7 Å². The van der Waals surface area contributed by atoms with E-state index in [-0.39, 0.29) is 11.6 Å². The number of carbonyl (C=O) groups is 2. The van der Waals surface area contributed by atoms with Crippen LogP contribution >= 0.6 is 0 Å². The maximum absolute atomic E-state index is 14.2.